The highest BCUT2D eigenvalue weighted by molar-refractivity contribution is 5.46. The molecule has 0 radical (unpaired) electrons. The van der Waals surface area contributed by atoms with Crippen molar-refractivity contribution in [3.8, 4) is 0 Å². The number of rotatable bonds is 3. The Hall–Kier alpha value is -1.40. The number of nitrogens with zero attached hydrogens (tertiary/aromatic N) is 3. The van der Waals surface area contributed by atoms with Crippen LogP contribution in [0, 0.1) is 5.39 Å². The molecule has 3 heteroatoms. The summed E-state index contributed by atoms with van der Waals surface area (Å²) >= 11 is 0. The van der Waals surface area contributed by atoms with E-state index < -0.39 is 0 Å². The van der Waals surface area contributed by atoms with Gasteiger partial charge in [-0.15, -0.1) is 0 Å². The summed E-state index contributed by atoms with van der Waals surface area (Å²) in [7, 11) is 0. The molecule has 90 valence electrons. The van der Waals surface area contributed by atoms with E-state index in [1.54, 1.807) is 0 Å². The molecule has 1 aliphatic heterocycles. The first-order valence-electron chi connectivity index (χ1n) is 6.51. The third kappa shape index (κ3) is 3.04. The molecule has 1 aliphatic rings. The molecular formula is C14H20N3+. The van der Waals surface area contributed by atoms with Crippen molar-refractivity contribution in [1.82, 2.24) is 4.90 Å². The van der Waals surface area contributed by atoms with Crippen LogP contribution in [0.2, 0.25) is 0 Å². The average Bonchev–Trinajstić information content (AvgIpc) is 2.40. The molecule has 1 aromatic carbocycles. The molecule has 0 unspecified atom stereocenters. The van der Waals surface area contributed by atoms with E-state index in [1.807, 2.05) is 18.2 Å². The van der Waals surface area contributed by atoms with Gasteiger partial charge in [0.15, 0.2) is 4.98 Å². The predicted octanol–water partition coefficient (Wildman–Crippen LogP) is 3.76. The first-order chi connectivity index (χ1) is 8.33. The summed E-state index contributed by atoms with van der Waals surface area (Å²) in [5, 5.41) is 8.79. The minimum Gasteiger partial charge on any atom is -0.303 e. The Morgan fingerprint density at radius 2 is 2.12 bits per heavy atom. The summed E-state index contributed by atoms with van der Waals surface area (Å²) < 4.78 is 0. The minimum atomic E-state index is 0.629. The third-order valence-corrected chi connectivity index (χ3v) is 3.58. The zero-order chi connectivity index (χ0) is 12.1. The van der Waals surface area contributed by atoms with Crippen molar-refractivity contribution >= 4 is 5.69 Å². The van der Waals surface area contributed by atoms with Crippen molar-refractivity contribution in [2.45, 2.75) is 32.1 Å². The molecule has 1 fully saturated rings. The fourth-order valence-corrected chi connectivity index (χ4v) is 2.65. The Morgan fingerprint density at radius 1 is 1.35 bits per heavy atom. The van der Waals surface area contributed by atoms with E-state index >= 15 is 0 Å². The topological polar surface area (TPSA) is 31.4 Å². The van der Waals surface area contributed by atoms with E-state index in [1.165, 1.54) is 44.5 Å². The van der Waals surface area contributed by atoms with Gasteiger partial charge < -0.3 is 4.90 Å². The Kier molecular flexibility index (Phi) is 4.11. The molecule has 0 amide bonds. The van der Waals surface area contributed by atoms with Crippen molar-refractivity contribution in [3.05, 3.63) is 34.8 Å². The Labute approximate surface area is 103 Å². The molecule has 0 atom stereocenters. The van der Waals surface area contributed by atoms with Gasteiger partial charge in [0.1, 0.15) is 0 Å². The van der Waals surface area contributed by atoms with Crippen LogP contribution >= 0.6 is 0 Å². The maximum atomic E-state index is 8.79. The van der Waals surface area contributed by atoms with E-state index in [4.69, 9.17) is 5.39 Å². The summed E-state index contributed by atoms with van der Waals surface area (Å²) in [5.41, 5.74) is 1.98. The highest BCUT2D eigenvalue weighted by Crippen LogP contribution is 2.30. The standard InChI is InChI=1S/C14H20N3/c1-2-8-17-9-6-12(7-10-17)13-4-3-5-14(11-13)16-15/h3-5,11-12H,2,6-10H2,1H3/q+1. The summed E-state index contributed by atoms with van der Waals surface area (Å²) in [5.74, 6) is 0.629. The van der Waals surface area contributed by atoms with Crippen molar-refractivity contribution in [2.75, 3.05) is 19.6 Å². The van der Waals surface area contributed by atoms with Gasteiger partial charge in [-0.05, 0) is 50.4 Å². The molecule has 0 bridgehead atoms. The average molecular weight is 230 g/mol. The van der Waals surface area contributed by atoms with Crippen molar-refractivity contribution in [1.29, 1.82) is 5.39 Å². The van der Waals surface area contributed by atoms with Crippen LogP contribution in [0.15, 0.2) is 24.3 Å². The lowest BCUT2D eigenvalue weighted by molar-refractivity contribution is 0.213. The van der Waals surface area contributed by atoms with Gasteiger partial charge in [0.2, 0.25) is 5.39 Å². The van der Waals surface area contributed by atoms with Crippen LogP contribution in [0.25, 0.3) is 4.98 Å². The van der Waals surface area contributed by atoms with Crippen LogP contribution in [-0.4, -0.2) is 24.5 Å². The molecule has 0 spiro atoms. The second kappa shape index (κ2) is 5.79. The van der Waals surface area contributed by atoms with E-state index in [0.29, 0.717) is 11.6 Å². The van der Waals surface area contributed by atoms with Gasteiger partial charge in [0.25, 0.3) is 0 Å². The first kappa shape index (κ1) is 12.1. The smallest absolute Gasteiger partial charge is 0.303 e. The molecular weight excluding hydrogens is 210 g/mol. The molecule has 0 N–H and O–H groups in total. The van der Waals surface area contributed by atoms with Crippen LogP contribution in [0.1, 0.15) is 37.7 Å². The number of likely N-dealkylation sites (tertiary alicyclic amines) is 1. The lowest BCUT2D eigenvalue weighted by Crippen LogP contribution is -2.33. The molecule has 17 heavy (non-hydrogen) atoms. The largest absolute Gasteiger partial charge is 0.385 e. The molecule has 1 saturated heterocycles. The Bertz CT molecular complexity index is 400. The molecule has 0 aromatic heterocycles. The monoisotopic (exact) mass is 230 g/mol. The number of diazo groups is 1. The van der Waals surface area contributed by atoms with Crippen LogP contribution in [0.3, 0.4) is 0 Å². The molecule has 0 saturated carbocycles. The summed E-state index contributed by atoms with van der Waals surface area (Å²) in [4.78, 5) is 5.80. The predicted molar refractivity (Wildman–Crippen MR) is 69.9 cm³/mol. The lowest BCUT2D eigenvalue weighted by atomic mass is 9.89. The number of hydrogen-bond donors (Lipinski definition) is 0. The molecule has 0 aliphatic carbocycles. The van der Waals surface area contributed by atoms with E-state index in [-0.39, 0.29) is 0 Å². The molecule has 2 rings (SSSR count). The number of benzene rings is 1. The van der Waals surface area contributed by atoms with Gasteiger partial charge in [-0.3, -0.25) is 0 Å². The van der Waals surface area contributed by atoms with Crippen molar-refractivity contribution < 1.29 is 0 Å². The Balaban J connectivity index is 1.98. The fraction of sp³-hybridized carbons (Fsp3) is 0.571. The SMILES string of the molecule is CCCN1CCC(c2cccc([N+]#N)c2)CC1. The van der Waals surface area contributed by atoms with Crippen LogP contribution < -0.4 is 0 Å². The van der Waals surface area contributed by atoms with E-state index in [9.17, 15) is 0 Å². The zero-order valence-corrected chi connectivity index (χ0v) is 10.5. The quantitative estimate of drug-likeness (QED) is 0.740. The first-order valence-corrected chi connectivity index (χ1v) is 6.51. The molecule has 1 heterocycles. The maximum absolute atomic E-state index is 8.79. The van der Waals surface area contributed by atoms with Crippen molar-refractivity contribution in [3.63, 3.8) is 0 Å². The highest BCUT2D eigenvalue weighted by atomic mass is 15.1. The highest BCUT2D eigenvalue weighted by Gasteiger charge is 2.21. The summed E-state index contributed by atoms with van der Waals surface area (Å²) in [6.07, 6.45) is 3.67. The van der Waals surface area contributed by atoms with Crippen LogP contribution in [-0.2, 0) is 0 Å². The molecule has 1 aromatic rings. The minimum absolute atomic E-state index is 0.629. The number of hydrogen-bond acceptors (Lipinski definition) is 2. The third-order valence-electron chi connectivity index (χ3n) is 3.58. The summed E-state index contributed by atoms with van der Waals surface area (Å²) in [6, 6.07) is 7.95. The van der Waals surface area contributed by atoms with Crippen LogP contribution in [0.4, 0.5) is 5.69 Å². The van der Waals surface area contributed by atoms with Gasteiger partial charge in [0, 0.05) is 12.1 Å². The van der Waals surface area contributed by atoms with Gasteiger partial charge in [-0.25, -0.2) is 0 Å². The van der Waals surface area contributed by atoms with E-state index in [2.05, 4.69) is 22.9 Å². The second-order valence-corrected chi connectivity index (χ2v) is 4.81. The zero-order valence-electron chi connectivity index (χ0n) is 10.5. The Morgan fingerprint density at radius 3 is 2.76 bits per heavy atom. The molecule has 3 nitrogen and oxygen atoms in total. The number of piperidine rings is 1. The summed E-state index contributed by atoms with van der Waals surface area (Å²) in [6.45, 7) is 5.84. The van der Waals surface area contributed by atoms with Crippen molar-refractivity contribution in [2.24, 2.45) is 0 Å². The fourth-order valence-electron chi connectivity index (χ4n) is 2.65. The normalized spacial score (nSPS) is 17.9. The van der Waals surface area contributed by atoms with Gasteiger partial charge >= 0.3 is 5.69 Å². The lowest BCUT2D eigenvalue weighted by Gasteiger charge is -2.31. The van der Waals surface area contributed by atoms with Gasteiger partial charge in [-0.2, -0.15) is 0 Å². The van der Waals surface area contributed by atoms with Gasteiger partial charge in [0.05, 0.1) is 0 Å². The van der Waals surface area contributed by atoms with Gasteiger partial charge in [-0.1, -0.05) is 19.1 Å². The maximum Gasteiger partial charge on any atom is 0.385 e. The second-order valence-electron chi connectivity index (χ2n) is 4.81. The van der Waals surface area contributed by atoms with Crippen LogP contribution in [0.5, 0.6) is 0 Å². The van der Waals surface area contributed by atoms with E-state index in [0.717, 1.165) is 0 Å².